The van der Waals surface area contributed by atoms with Gasteiger partial charge >= 0.3 is 12.1 Å². The molecule has 7 heteroatoms. The van der Waals surface area contributed by atoms with Gasteiger partial charge in [0.1, 0.15) is 12.6 Å². The summed E-state index contributed by atoms with van der Waals surface area (Å²) in [5.41, 5.74) is 4.51. The van der Waals surface area contributed by atoms with Gasteiger partial charge in [0.15, 0.2) is 0 Å². The molecule has 0 spiro atoms. The maximum absolute atomic E-state index is 12.5. The van der Waals surface area contributed by atoms with Crippen molar-refractivity contribution in [1.29, 1.82) is 0 Å². The number of amides is 1. The van der Waals surface area contributed by atoms with E-state index in [-0.39, 0.29) is 25.0 Å². The van der Waals surface area contributed by atoms with Gasteiger partial charge in [0.25, 0.3) is 0 Å². The molecule has 2 aromatic carbocycles. The van der Waals surface area contributed by atoms with Crippen LogP contribution >= 0.6 is 0 Å². The number of aliphatic carboxylic acids is 1. The first-order valence-electron chi connectivity index (χ1n) is 10.7. The van der Waals surface area contributed by atoms with Crippen molar-refractivity contribution in [3.8, 4) is 11.1 Å². The molecule has 0 aromatic heterocycles. The van der Waals surface area contributed by atoms with E-state index in [1.54, 1.807) is 0 Å². The molecule has 1 saturated heterocycles. The number of carboxylic acid groups (broad SMARTS) is 1. The average molecular weight is 424 g/mol. The molecular formula is C24H28N2O5. The molecule has 2 atom stereocenters. The van der Waals surface area contributed by atoms with E-state index in [9.17, 15) is 14.7 Å². The van der Waals surface area contributed by atoms with Gasteiger partial charge in [0, 0.05) is 25.4 Å². The Kier molecular flexibility index (Phi) is 6.53. The van der Waals surface area contributed by atoms with Crippen LogP contribution in [-0.2, 0) is 14.3 Å². The predicted molar refractivity (Wildman–Crippen MR) is 116 cm³/mol. The highest BCUT2D eigenvalue weighted by molar-refractivity contribution is 5.81. The fraction of sp³-hybridized carbons (Fsp3) is 0.417. The SMILES string of the molecule is CCN1CCOC(CC(NC(=O)OCC2c3ccccc3-c3ccccc32)C(=O)O)C1. The van der Waals surface area contributed by atoms with E-state index in [0.29, 0.717) is 13.2 Å². The van der Waals surface area contributed by atoms with Crippen molar-refractivity contribution in [1.82, 2.24) is 10.2 Å². The first-order valence-corrected chi connectivity index (χ1v) is 10.7. The van der Waals surface area contributed by atoms with Crippen LogP contribution in [0, 0.1) is 0 Å². The second-order valence-electron chi connectivity index (χ2n) is 7.98. The van der Waals surface area contributed by atoms with Gasteiger partial charge in [-0.15, -0.1) is 0 Å². The molecule has 0 radical (unpaired) electrons. The van der Waals surface area contributed by atoms with Crippen molar-refractivity contribution in [3.05, 3.63) is 59.7 Å². The third-order valence-electron chi connectivity index (χ3n) is 6.10. The topological polar surface area (TPSA) is 88.1 Å². The Morgan fingerprint density at radius 3 is 2.42 bits per heavy atom. The van der Waals surface area contributed by atoms with Crippen molar-refractivity contribution < 1.29 is 24.2 Å². The molecule has 2 aliphatic rings. The molecule has 31 heavy (non-hydrogen) atoms. The second-order valence-corrected chi connectivity index (χ2v) is 7.98. The van der Waals surface area contributed by atoms with E-state index in [1.807, 2.05) is 36.4 Å². The molecule has 2 N–H and O–H groups in total. The van der Waals surface area contributed by atoms with Crippen LogP contribution in [0.25, 0.3) is 11.1 Å². The van der Waals surface area contributed by atoms with Crippen LogP contribution in [0.5, 0.6) is 0 Å². The van der Waals surface area contributed by atoms with E-state index >= 15 is 0 Å². The number of nitrogens with one attached hydrogen (secondary N) is 1. The number of benzene rings is 2. The van der Waals surface area contributed by atoms with Gasteiger partial charge in [-0.25, -0.2) is 9.59 Å². The highest BCUT2D eigenvalue weighted by Gasteiger charge is 2.31. The minimum absolute atomic E-state index is 0.0683. The van der Waals surface area contributed by atoms with Crippen LogP contribution in [0.15, 0.2) is 48.5 Å². The van der Waals surface area contributed by atoms with Gasteiger partial charge in [-0.3, -0.25) is 4.90 Å². The summed E-state index contributed by atoms with van der Waals surface area (Å²) in [6.07, 6.45) is -0.753. The van der Waals surface area contributed by atoms with E-state index in [2.05, 4.69) is 29.3 Å². The lowest BCUT2D eigenvalue weighted by atomic mass is 9.98. The normalized spacial score (nSPS) is 19.3. The number of alkyl carbamates (subject to hydrolysis) is 1. The van der Waals surface area contributed by atoms with Crippen LogP contribution in [-0.4, -0.2) is 67.1 Å². The smallest absolute Gasteiger partial charge is 0.407 e. The fourth-order valence-corrected chi connectivity index (χ4v) is 4.48. The third kappa shape index (κ3) is 4.73. The summed E-state index contributed by atoms with van der Waals surface area (Å²) in [6, 6.07) is 15.1. The summed E-state index contributed by atoms with van der Waals surface area (Å²) >= 11 is 0. The summed E-state index contributed by atoms with van der Waals surface area (Å²) in [7, 11) is 0. The maximum Gasteiger partial charge on any atom is 0.407 e. The number of carbonyl (C=O) groups excluding carboxylic acids is 1. The summed E-state index contributed by atoms with van der Waals surface area (Å²) in [5.74, 6) is -1.16. The number of rotatable bonds is 7. The van der Waals surface area contributed by atoms with E-state index < -0.39 is 18.1 Å². The Morgan fingerprint density at radius 1 is 1.16 bits per heavy atom. The van der Waals surface area contributed by atoms with E-state index in [0.717, 1.165) is 35.3 Å². The first kappa shape index (κ1) is 21.3. The molecule has 2 unspecified atom stereocenters. The number of likely N-dealkylation sites (N-methyl/N-ethyl adjacent to an activating group) is 1. The molecule has 0 bridgehead atoms. The number of nitrogens with zero attached hydrogens (tertiary/aromatic N) is 1. The van der Waals surface area contributed by atoms with Crippen LogP contribution < -0.4 is 5.32 Å². The molecule has 0 saturated carbocycles. The number of morpholine rings is 1. The lowest BCUT2D eigenvalue weighted by Crippen LogP contribution is -2.48. The lowest BCUT2D eigenvalue weighted by molar-refractivity contribution is -0.141. The Morgan fingerprint density at radius 2 is 1.81 bits per heavy atom. The fourth-order valence-electron chi connectivity index (χ4n) is 4.48. The number of carbonyl (C=O) groups is 2. The predicted octanol–water partition coefficient (Wildman–Crippen LogP) is 3.09. The molecule has 1 aliphatic heterocycles. The van der Waals surface area contributed by atoms with Crippen molar-refractivity contribution in [2.75, 3.05) is 32.8 Å². The third-order valence-corrected chi connectivity index (χ3v) is 6.10. The molecule has 1 fully saturated rings. The zero-order valence-electron chi connectivity index (χ0n) is 17.6. The molecular weight excluding hydrogens is 396 g/mol. The number of hydrogen-bond donors (Lipinski definition) is 2. The Bertz CT molecular complexity index is 902. The molecule has 7 nitrogen and oxygen atoms in total. The maximum atomic E-state index is 12.5. The average Bonchev–Trinajstić information content (AvgIpc) is 3.11. The minimum Gasteiger partial charge on any atom is -0.480 e. The van der Waals surface area contributed by atoms with Crippen LogP contribution in [0.1, 0.15) is 30.4 Å². The van der Waals surface area contributed by atoms with Crippen LogP contribution in [0.3, 0.4) is 0 Å². The largest absolute Gasteiger partial charge is 0.480 e. The summed E-state index contributed by atoms with van der Waals surface area (Å²) in [6.45, 7) is 5.16. The highest BCUT2D eigenvalue weighted by atomic mass is 16.5. The molecule has 164 valence electrons. The molecule has 1 heterocycles. The zero-order valence-corrected chi connectivity index (χ0v) is 17.6. The monoisotopic (exact) mass is 424 g/mol. The van der Waals surface area contributed by atoms with Gasteiger partial charge in [-0.2, -0.15) is 0 Å². The molecule has 1 amide bonds. The first-order chi connectivity index (χ1) is 15.1. The van der Waals surface area contributed by atoms with Crippen molar-refractivity contribution in [2.24, 2.45) is 0 Å². The van der Waals surface area contributed by atoms with Crippen molar-refractivity contribution in [2.45, 2.75) is 31.4 Å². The zero-order chi connectivity index (χ0) is 21.8. The number of hydrogen-bond acceptors (Lipinski definition) is 5. The lowest BCUT2D eigenvalue weighted by Gasteiger charge is -2.33. The highest BCUT2D eigenvalue weighted by Crippen LogP contribution is 2.44. The van der Waals surface area contributed by atoms with Crippen LogP contribution in [0.2, 0.25) is 0 Å². The number of carboxylic acids is 1. The van der Waals surface area contributed by atoms with E-state index in [4.69, 9.17) is 9.47 Å². The molecule has 2 aromatic rings. The number of fused-ring (bicyclic) bond motifs is 3. The number of ether oxygens (including phenoxy) is 2. The Labute approximate surface area is 182 Å². The van der Waals surface area contributed by atoms with Gasteiger partial charge in [-0.1, -0.05) is 55.5 Å². The Hall–Kier alpha value is -2.90. The van der Waals surface area contributed by atoms with Gasteiger partial charge in [0.05, 0.1) is 12.7 Å². The van der Waals surface area contributed by atoms with Crippen molar-refractivity contribution in [3.63, 3.8) is 0 Å². The quantitative estimate of drug-likeness (QED) is 0.710. The van der Waals surface area contributed by atoms with Gasteiger partial charge in [0.2, 0.25) is 0 Å². The van der Waals surface area contributed by atoms with E-state index in [1.165, 1.54) is 0 Å². The standard InChI is InChI=1S/C24H28N2O5/c1-2-26-11-12-30-16(14-26)13-22(23(27)28)25-24(29)31-15-21-19-9-5-3-7-17(19)18-8-4-6-10-20(18)21/h3-10,16,21-22H,2,11-15H2,1H3,(H,25,29)(H,27,28). The summed E-state index contributed by atoms with van der Waals surface area (Å²) in [5, 5.41) is 12.1. The second kappa shape index (κ2) is 9.49. The minimum atomic E-state index is -1.09. The molecule has 4 rings (SSSR count). The van der Waals surface area contributed by atoms with Gasteiger partial charge in [-0.05, 0) is 28.8 Å². The Balaban J connectivity index is 1.37. The summed E-state index contributed by atoms with van der Waals surface area (Å²) < 4.78 is 11.2. The van der Waals surface area contributed by atoms with Crippen molar-refractivity contribution >= 4 is 12.1 Å². The molecule has 1 aliphatic carbocycles. The van der Waals surface area contributed by atoms with Gasteiger partial charge < -0.3 is 19.9 Å². The van der Waals surface area contributed by atoms with Crippen LogP contribution in [0.4, 0.5) is 4.79 Å². The summed E-state index contributed by atoms with van der Waals surface area (Å²) in [4.78, 5) is 26.4.